The summed E-state index contributed by atoms with van der Waals surface area (Å²) < 4.78 is 0. The van der Waals surface area contributed by atoms with Crippen molar-refractivity contribution >= 4 is 19.0 Å². The van der Waals surface area contributed by atoms with Crippen LogP contribution in [0.4, 0.5) is 0 Å². The second kappa shape index (κ2) is 5.07. The fourth-order valence-electron chi connectivity index (χ4n) is 4.26. The first-order valence-corrected chi connectivity index (χ1v) is 13.2. The highest BCUT2D eigenvalue weighted by atomic mass is 32.2. The van der Waals surface area contributed by atoms with Gasteiger partial charge in [0.2, 0.25) is 0 Å². The normalized spacial score (nSPS) is 40.3. The van der Waals surface area contributed by atoms with Crippen molar-refractivity contribution in [2.45, 2.75) is 64.6 Å². The lowest BCUT2D eigenvalue weighted by Crippen LogP contribution is -2.43. The Bertz CT molecular complexity index is 442. The molecule has 1 N–H and O–H groups in total. The summed E-state index contributed by atoms with van der Waals surface area (Å²) in [6.07, 6.45) is 4.69. The van der Waals surface area contributed by atoms with Gasteiger partial charge in [-0.1, -0.05) is 46.3 Å². The highest BCUT2D eigenvalue weighted by Gasteiger charge is 2.69. The quantitative estimate of drug-likeness (QED) is 0.471. The van der Waals surface area contributed by atoms with Crippen LogP contribution in [0.2, 0.25) is 19.6 Å². The third-order valence-electron chi connectivity index (χ3n) is 5.96. The molecule has 114 valence electrons. The minimum Gasteiger partial charge on any atom is -0.387 e. The number of aliphatic hydroxyl groups is 1. The lowest BCUT2D eigenvalue weighted by atomic mass is 9.70. The fourth-order valence-corrected chi connectivity index (χ4v) is 7.28. The van der Waals surface area contributed by atoms with Gasteiger partial charge in [0.1, 0.15) is 19.4 Å². The Morgan fingerprint density at radius 3 is 2.30 bits per heavy atom. The lowest BCUT2D eigenvalue weighted by Gasteiger charge is -2.36. The standard InChI is InChI=1S/C17H31OSSi/c1-16(2)13-9-10-17(16,3)15(18)14(13)19(4)11-8-12-20(5,6)7/h13-15,18H,9-11H2,1-7H3/q+1/t13-,14-,15-,17+,19?/m1/s1. The van der Waals surface area contributed by atoms with Gasteiger partial charge in [0.25, 0.3) is 0 Å². The summed E-state index contributed by atoms with van der Waals surface area (Å²) in [6, 6.07) is 0. The van der Waals surface area contributed by atoms with Crippen molar-refractivity contribution in [2.24, 2.45) is 16.7 Å². The molecular formula is C17H31OSSi+. The molecule has 2 aliphatic carbocycles. The first-order chi connectivity index (χ1) is 9.01. The Labute approximate surface area is 129 Å². The van der Waals surface area contributed by atoms with Gasteiger partial charge in [-0.15, -0.1) is 5.54 Å². The number of aliphatic hydroxyl groups excluding tert-OH is 1. The van der Waals surface area contributed by atoms with E-state index in [2.05, 4.69) is 58.1 Å². The first kappa shape index (κ1) is 16.5. The van der Waals surface area contributed by atoms with Crippen molar-refractivity contribution < 1.29 is 5.11 Å². The van der Waals surface area contributed by atoms with Crippen molar-refractivity contribution in [3.05, 3.63) is 0 Å². The largest absolute Gasteiger partial charge is 0.387 e. The van der Waals surface area contributed by atoms with Crippen LogP contribution >= 0.6 is 0 Å². The van der Waals surface area contributed by atoms with Gasteiger partial charge in [0, 0.05) is 22.2 Å². The predicted molar refractivity (Wildman–Crippen MR) is 93.7 cm³/mol. The zero-order chi connectivity index (χ0) is 15.3. The Balaban J connectivity index is 2.12. The van der Waals surface area contributed by atoms with Crippen LogP contribution in [-0.4, -0.2) is 36.5 Å². The van der Waals surface area contributed by atoms with Gasteiger partial charge in [0.05, 0.1) is 6.26 Å². The summed E-state index contributed by atoms with van der Waals surface area (Å²) in [7, 11) is -1.04. The summed E-state index contributed by atoms with van der Waals surface area (Å²) in [5.41, 5.74) is 3.88. The Hall–Kier alpha value is 0.0869. The molecule has 1 nitrogen and oxygen atoms in total. The first-order valence-electron chi connectivity index (χ1n) is 7.80. The molecule has 2 aliphatic rings. The third-order valence-corrected chi connectivity index (χ3v) is 9.00. The Kier molecular flexibility index (Phi) is 4.17. The molecule has 5 atom stereocenters. The molecule has 0 spiro atoms. The maximum atomic E-state index is 10.9. The summed E-state index contributed by atoms with van der Waals surface area (Å²) >= 11 is 0. The van der Waals surface area contributed by atoms with Crippen molar-refractivity contribution in [3.63, 3.8) is 0 Å². The van der Waals surface area contributed by atoms with Crippen molar-refractivity contribution in [2.75, 3.05) is 12.0 Å². The molecule has 0 aromatic carbocycles. The number of fused-ring (bicyclic) bond motifs is 2. The van der Waals surface area contributed by atoms with Crippen LogP contribution in [0.1, 0.15) is 33.6 Å². The van der Waals surface area contributed by atoms with Crippen molar-refractivity contribution in [3.8, 4) is 11.5 Å². The van der Waals surface area contributed by atoms with Crippen molar-refractivity contribution in [1.82, 2.24) is 0 Å². The van der Waals surface area contributed by atoms with Gasteiger partial charge in [-0.3, -0.25) is 0 Å². The van der Waals surface area contributed by atoms with E-state index >= 15 is 0 Å². The van der Waals surface area contributed by atoms with Gasteiger partial charge in [0.15, 0.2) is 5.75 Å². The van der Waals surface area contributed by atoms with E-state index in [0.717, 1.165) is 5.75 Å². The molecule has 2 rings (SSSR count). The van der Waals surface area contributed by atoms with Crippen LogP contribution in [0.25, 0.3) is 0 Å². The summed E-state index contributed by atoms with van der Waals surface area (Å²) in [4.78, 5) is 0. The van der Waals surface area contributed by atoms with Crippen LogP contribution in [-0.2, 0) is 10.9 Å². The van der Waals surface area contributed by atoms with E-state index in [4.69, 9.17) is 0 Å². The topological polar surface area (TPSA) is 20.2 Å². The molecule has 0 radical (unpaired) electrons. The van der Waals surface area contributed by atoms with Gasteiger partial charge < -0.3 is 5.11 Å². The minimum atomic E-state index is -1.26. The number of hydrogen-bond donors (Lipinski definition) is 1. The number of rotatable bonds is 2. The van der Waals surface area contributed by atoms with Gasteiger partial charge in [-0.2, -0.15) is 0 Å². The zero-order valence-electron chi connectivity index (χ0n) is 14.2. The SMILES string of the molecule is C[S+](CC#C[Si](C)(C)C)[C@@H]1[C@H]2CC[C@@](C)([C@@H]1O)C2(C)C. The molecule has 20 heavy (non-hydrogen) atoms. The maximum absolute atomic E-state index is 10.9. The zero-order valence-corrected chi connectivity index (χ0v) is 16.0. The smallest absolute Gasteiger partial charge is 0.167 e. The molecule has 0 saturated heterocycles. The maximum Gasteiger partial charge on any atom is 0.167 e. The summed E-state index contributed by atoms with van der Waals surface area (Å²) in [6.45, 7) is 13.9. The highest BCUT2D eigenvalue weighted by molar-refractivity contribution is 7.97. The van der Waals surface area contributed by atoms with Crippen molar-refractivity contribution in [1.29, 1.82) is 0 Å². The second-order valence-corrected chi connectivity index (χ2v) is 15.5. The summed E-state index contributed by atoms with van der Waals surface area (Å²) in [5.74, 6) is 5.10. The molecule has 2 fully saturated rings. The second-order valence-electron chi connectivity index (χ2n) is 8.58. The molecule has 0 heterocycles. The molecule has 2 bridgehead atoms. The lowest BCUT2D eigenvalue weighted by molar-refractivity contribution is 0.0145. The molecule has 1 unspecified atom stereocenters. The van der Waals surface area contributed by atoms with Crippen LogP contribution in [0.5, 0.6) is 0 Å². The fraction of sp³-hybridized carbons (Fsp3) is 0.882. The number of hydrogen-bond acceptors (Lipinski definition) is 1. The van der Waals surface area contributed by atoms with Gasteiger partial charge in [-0.25, -0.2) is 0 Å². The Morgan fingerprint density at radius 2 is 1.85 bits per heavy atom. The molecular weight excluding hydrogens is 280 g/mol. The highest BCUT2D eigenvalue weighted by Crippen LogP contribution is 2.66. The monoisotopic (exact) mass is 311 g/mol. The van der Waals surface area contributed by atoms with Crippen LogP contribution in [0.3, 0.4) is 0 Å². The predicted octanol–water partition coefficient (Wildman–Crippen LogP) is 3.30. The van der Waals surface area contributed by atoms with E-state index in [9.17, 15) is 5.11 Å². The molecule has 0 aliphatic heterocycles. The third kappa shape index (κ3) is 2.49. The van der Waals surface area contributed by atoms with Crippen LogP contribution in [0, 0.1) is 28.2 Å². The summed E-state index contributed by atoms with van der Waals surface area (Å²) in [5, 5.41) is 11.3. The molecule has 0 aromatic heterocycles. The van der Waals surface area contributed by atoms with Gasteiger partial charge >= 0.3 is 0 Å². The van der Waals surface area contributed by atoms with E-state index in [-0.39, 0.29) is 27.8 Å². The Morgan fingerprint density at radius 1 is 1.25 bits per heavy atom. The molecule has 3 heteroatoms. The van der Waals surface area contributed by atoms with Crippen LogP contribution in [0.15, 0.2) is 0 Å². The van der Waals surface area contributed by atoms with E-state index in [1.165, 1.54) is 12.8 Å². The average molecular weight is 312 g/mol. The van der Waals surface area contributed by atoms with Crippen LogP contribution < -0.4 is 0 Å². The molecule has 0 amide bonds. The average Bonchev–Trinajstić information content (AvgIpc) is 2.59. The van der Waals surface area contributed by atoms with E-state index < -0.39 is 8.07 Å². The van der Waals surface area contributed by atoms with Gasteiger partial charge in [-0.05, 0) is 18.3 Å². The van der Waals surface area contributed by atoms with E-state index in [1.54, 1.807) is 0 Å². The minimum absolute atomic E-state index is 0.121. The van der Waals surface area contributed by atoms with E-state index in [0.29, 0.717) is 11.2 Å². The molecule has 0 aromatic rings. The molecule has 2 saturated carbocycles. The van der Waals surface area contributed by atoms with E-state index in [1.807, 2.05) is 0 Å².